The highest BCUT2D eigenvalue weighted by molar-refractivity contribution is 7.90. The first-order chi connectivity index (χ1) is 6.42. The molecule has 5 nitrogen and oxygen atoms in total. The van der Waals surface area contributed by atoms with Gasteiger partial charge in [0.1, 0.15) is 0 Å². The van der Waals surface area contributed by atoms with Gasteiger partial charge in [0.15, 0.2) is 0 Å². The highest BCUT2D eigenvalue weighted by atomic mass is 32.2. The second-order valence-corrected chi connectivity index (χ2v) is 4.96. The molecule has 1 N–H and O–H groups in total. The van der Waals surface area contributed by atoms with Gasteiger partial charge < -0.3 is 0 Å². The molecule has 0 aliphatic heterocycles. The van der Waals surface area contributed by atoms with Crippen LogP contribution in [0.15, 0.2) is 18.3 Å². The van der Waals surface area contributed by atoms with Crippen molar-refractivity contribution in [3.8, 4) is 0 Å². The summed E-state index contributed by atoms with van der Waals surface area (Å²) in [6, 6.07) is 3.41. The van der Waals surface area contributed by atoms with Gasteiger partial charge in [-0.2, -0.15) is 12.7 Å². The second-order valence-electron chi connectivity index (χ2n) is 3.08. The molecule has 1 aromatic rings. The second kappa shape index (κ2) is 3.93. The Bertz CT molecular complexity index is 397. The van der Waals surface area contributed by atoms with E-state index in [4.69, 9.17) is 0 Å². The topological polar surface area (TPSA) is 62.3 Å². The maximum Gasteiger partial charge on any atom is 0.301 e. The molecule has 0 bridgehead atoms. The smallest absolute Gasteiger partial charge is 0.269 e. The van der Waals surface area contributed by atoms with Crippen LogP contribution < -0.4 is 4.72 Å². The number of nitrogens with one attached hydrogen (secondary N) is 1. The van der Waals surface area contributed by atoms with Gasteiger partial charge in [-0.05, 0) is 19.1 Å². The average Bonchev–Trinajstić information content (AvgIpc) is 2.08. The molecule has 0 unspecified atom stereocenters. The Morgan fingerprint density at radius 3 is 2.43 bits per heavy atom. The minimum Gasteiger partial charge on any atom is -0.269 e. The lowest BCUT2D eigenvalue weighted by Crippen LogP contribution is -2.28. The Balaban J connectivity index is 2.85. The maximum absolute atomic E-state index is 11.4. The monoisotopic (exact) mass is 215 g/mol. The van der Waals surface area contributed by atoms with Crippen molar-refractivity contribution in [1.82, 2.24) is 9.29 Å². The molecule has 0 aromatic carbocycles. The van der Waals surface area contributed by atoms with Gasteiger partial charge in [-0.15, -0.1) is 0 Å². The Kier molecular flexibility index (Phi) is 3.07. The lowest BCUT2D eigenvalue weighted by atomic mass is 10.4. The number of nitrogens with zero attached hydrogens (tertiary/aromatic N) is 2. The molecule has 14 heavy (non-hydrogen) atoms. The number of rotatable bonds is 3. The van der Waals surface area contributed by atoms with E-state index >= 15 is 0 Å². The first-order valence-electron chi connectivity index (χ1n) is 4.05. The van der Waals surface area contributed by atoms with Crippen LogP contribution in [-0.2, 0) is 10.2 Å². The van der Waals surface area contributed by atoms with Gasteiger partial charge in [0.2, 0.25) is 0 Å². The zero-order chi connectivity index (χ0) is 10.8. The molecular weight excluding hydrogens is 202 g/mol. The number of aryl methyl sites for hydroxylation is 1. The van der Waals surface area contributed by atoms with E-state index < -0.39 is 10.2 Å². The van der Waals surface area contributed by atoms with Crippen molar-refractivity contribution in [3.05, 3.63) is 24.0 Å². The predicted octanol–water partition coefficient (Wildman–Crippen LogP) is 0.608. The third-order valence-corrected chi connectivity index (χ3v) is 3.09. The number of hydrogen-bond acceptors (Lipinski definition) is 3. The number of anilines is 1. The van der Waals surface area contributed by atoms with Gasteiger partial charge in [-0.1, -0.05) is 0 Å². The molecule has 0 atom stereocenters. The van der Waals surface area contributed by atoms with Crippen LogP contribution in [0.25, 0.3) is 0 Å². The number of aromatic nitrogens is 1. The van der Waals surface area contributed by atoms with Crippen molar-refractivity contribution in [2.45, 2.75) is 6.92 Å². The van der Waals surface area contributed by atoms with Crippen molar-refractivity contribution in [1.29, 1.82) is 0 Å². The van der Waals surface area contributed by atoms with E-state index in [0.717, 1.165) is 10.00 Å². The highest BCUT2D eigenvalue weighted by Gasteiger charge is 2.12. The van der Waals surface area contributed by atoms with Gasteiger partial charge in [0.05, 0.1) is 11.9 Å². The van der Waals surface area contributed by atoms with Crippen LogP contribution in [0.2, 0.25) is 0 Å². The van der Waals surface area contributed by atoms with Gasteiger partial charge in [-0.25, -0.2) is 0 Å². The minimum atomic E-state index is -3.42. The molecule has 0 fully saturated rings. The summed E-state index contributed by atoms with van der Waals surface area (Å²) in [5, 5.41) is 0. The summed E-state index contributed by atoms with van der Waals surface area (Å²) in [5.41, 5.74) is 1.31. The van der Waals surface area contributed by atoms with Crippen molar-refractivity contribution in [2.24, 2.45) is 0 Å². The van der Waals surface area contributed by atoms with Crippen LogP contribution in [0.3, 0.4) is 0 Å². The quantitative estimate of drug-likeness (QED) is 0.803. The molecule has 0 amide bonds. The molecule has 0 radical (unpaired) electrons. The predicted molar refractivity (Wildman–Crippen MR) is 55.2 cm³/mol. The lowest BCUT2D eigenvalue weighted by molar-refractivity contribution is 0.527. The van der Waals surface area contributed by atoms with E-state index in [9.17, 15) is 8.42 Å². The van der Waals surface area contributed by atoms with Crippen LogP contribution in [0.4, 0.5) is 5.69 Å². The Hall–Kier alpha value is -1.14. The van der Waals surface area contributed by atoms with E-state index in [2.05, 4.69) is 9.71 Å². The Morgan fingerprint density at radius 1 is 1.36 bits per heavy atom. The van der Waals surface area contributed by atoms with Gasteiger partial charge >= 0.3 is 10.2 Å². The molecule has 0 spiro atoms. The lowest BCUT2D eigenvalue weighted by Gasteiger charge is -2.12. The zero-order valence-corrected chi connectivity index (χ0v) is 9.17. The largest absolute Gasteiger partial charge is 0.301 e. The van der Waals surface area contributed by atoms with E-state index in [-0.39, 0.29) is 0 Å². The fraction of sp³-hybridized carbons (Fsp3) is 0.375. The maximum atomic E-state index is 11.4. The summed E-state index contributed by atoms with van der Waals surface area (Å²) >= 11 is 0. The van der Waals surface area contributed by atoms with Crippen LogP contribution in [0.5, 0.6) is 0 Å². The summed E-state index contributed by atoms with van der Waals surface area (Å²) < 4.78 is 26.2. The summed E-state index contributed by atoms with van der Waals surface area (Å²) in [4.78, 5) is 3.98. The van der Waals surface area contributed by atoms with E-state index in [1.807, 2.05) is 6.92 Å². The molecule has 78 valence electrons. The summed E-state index contributed by atoms with van der Waals surface area (Å²) in [7, 11) is -0.496. The SMILES string of the molecule is Cc1ccc(NS(=O)(=O)N(C)C)cn1. The van der Waals surface area contributed by atoms with Gasteiger partial charge in [-0.3, -0.25) is 9.71 Å². The minimum absolute atomic E-state index is 0.462. The van der Waals surface area contributed by atoms with Crippen molar-refractivity contribution in [3.63, 3.8) is 0 Å². The summed E-state index contributed by atoms with van der Waals surface area (Å²) in [6.07, 6.45) is 1.48. The van der Waals surface area contributed by atoms with Gasteiger partial charge in [0, 0.05) is 19.8 Å². The summed E-state index contributed by atoms with van der Waals surface area (Å²) in [6.45, 7) is 1.84. The average molecular weight is 215 g/mol. The fourth-order valence-electron chi connectivity index (χ4n) is 0.768. The van der Waals surface area contributed by atoms with E-state index in [0.29, 0.717) is 5.69 Å². The normalized spacial score (nSPS) is 11.7. The van der Waals surface area contributed by atoms with Crippen LogP contribution >= 0.6 is 0 Å². The molecule has 6 heteroatoms. The van der Waals surface area contributed by atoms with Crippen molar-refractivity contribution >= 4 is 15.9 Å². The molecular formula is C8H13N3O2S. The van der Waals surface area contributed by atoms with Crippen LogP contribution in [-0.4, -0.2) is 31.8 Å². The van der Waals surface area contributed by atoms with Crippen molar-refractivity contribution in [2.75, 3.05) is 18.8 Å². The third kappa shape index (κ3) is 2.68. The highest BCUT2D eigenvalue weighted by Crippen LogP contribution is 2.08. The fourth-order valence-corrected chi connectivity index (χ4v) is 1.37. The van der Waals surface area contributed by atoms with Crippen LogP contribution in [0.1, 0.15) is 5.69 Å². The molecule has 0 saturated heterocycles. The molecule has 0 saturated carbocycles. The van der Waals surface area contributed by atoms with Crippen molar-refractivity contribution < 1.29 is 8.42 Å². The first-order valence-corrected chi connectivity index (χ1v) is 5.49. The van der Waals surface area contributed by atoms with Crippen LogP contribution in [0, 0.1) is 6.92 Å². The molecule has 1 heterocycles. The number of hydrogen-bond donors (Lipinski definition) is 1. The first kappa shape index (κ1) is 10.9. The zero-order valence-electron chi connectivity index (χ0n) is 8.35. The molecule has 0 aliphatic rings. The standard InChI is InChI=1S/C8H13N3O2S/c1-7-4-5-8(6-9-7)10-14(12,13)11(2)3/h4-6,10H,1-3H3. The van der Waals surface area contributed by atoms with E-state index in [1.165, 1.54) is 20.3 Å². The number of pyridine rings is 1. The Morgan fingerprint density at radius 2 is 2.00 bits per heavy atom. The van der Waals surface area contributed by atoms with E-state index in [1.54, 1.807) is 12.1 Å². The van der Waals surface area contributed by atoms with Gasteiger partial charge in [0.25, 0.3) is 0 Å². The Labute approximate surface area is 84.0 Å². The summed E-state index contributed by atoms with van der Waals surface area (Å²) in [5.74, 6) is 0. The molecule has 1 rings (SSSR count). The third-order valence-electron chi connectivity index (χ3n) is 1.64. The molecule has 0 aliphatic carbocycles. The molecule has 1 aromatic heterocycles.